The van der Waals surface area contributed by atoms with E-state index < -0.39 is 0 Å². The van der Waals surface area contributed by atoms with Crippen LogP contribution in [-0.2, 0) is 12.8 Å². The molecule has 0 saturated heterocycles. The van der Waals surface area contributed by atoms with Crippen LogP contribution < -0.4 is 5.73 Å². The molecule has 23 heavy (non-hydrogen) atoms. The third kappa shape index (κ3) is 2.21. The van der Waals surface area contributed by atoms with E-state index in [0.717, 1.165) is 5.56 Å². The SMILES string of the molecule is C=CCc1cc(N)c(CC=C)c2c1C(=O)c1ccccc1C2=O. The second-order valence-corrected chi connectivity index (χ2v) is 5.54. The van der Waals surface area contributed by atoms with Gasteiger partial charge < -0.3 is 5.73 Å². The van der Waals surface area contributed by atoms with Crippen molar-refractivity contribution in [1.82, 2.24) is 0 Å². The van der Waals surface area contributed by atoms with Crippen molar-refractivity contribution in [2.24, 2.45) is 0 Å². The normalized spacial score (nSPS) is 12.5. The van der Waals surface area contributed by atoms with Gasteiger partial charge in [-0.2, -0.15) is 0 Å². The summed E-state index contributed by atoms with van der Waals surface area (Å²) in [6, 6.07) is 8.69. The van der Waals surface area contributed by atoms with Gasteiger partial charge in [-0.15, -0.1) is 13.2 Å². The van der Waals surface area contributed by atoms with Crippen molar-refractivity contribution >= 4 is 17.3 Å². The number of anilines is 1. The number of nitrogen functional groups attached to an aromatic ring is 1. The van der Waals surface area contributed by atoms with Gasteiger partial charge >= 0.3 is 0 Å². The zero-order valence-electron chi connectivity index (χ0n) is 12.8. The summed E-state index contributed by atoms with van der Waals surface area (Å²) in [7, 11) is 0. The lowest BCUT2D eigenvalue weighted by molar-refractivity contribution is 0.0978. The molecule has 3 heteroatoms. The van der Waals surface area contributed by atoms with Crippen LogP contribution in [0.15, 0.2) is 55.6 Å². The van der Waals surface area contributed by atoms with Crippen LogP contribution in [0.5, 0.6) is 0 Å². The van der Waals surface area contributed by atoms with E-state index in [2.05, 4.69) is 13.2 Å². The minimum absolute atomic E-state index is 0.127. The van der Waals surface area contributed by atoms with E-state index in [-0.39, 0.29) is 11.6 Å². The highest BCUT2D eigenvalue weighted by molar-refractivity contribution is 6.29. The van der Waals surface area contributed by atoms with E-state index in [9.17, 15) is 9.59 Å². The Labute approximate surface area is 135 Å². The highest BCUT2D eigenvalue weighted by Crippen LogP contribution is 2.35. The van der Waals surface area contributed by atoms with E-state index >= 15 is 0 Å². The van der Waals surface area contributed by atoms with Crippen LogP contribution in [0.4, 0.5) is 5.69 Å². The van der Waals surface area contributed by atoms with Crippen LogP contribution in [-0.4, -0.2) is 11.6 Å². The number of nitrogens with two attached hydrogens (primary N) is 1. The van der Waals surface area contributed by atoms with E-state index in [1.807, 2.05) is 0 Å². The molecule has 0 unspecified atom stereocenters. The van der Waals surface area contributed by atoms with E-state index in [4.69, 9.17) is 5.73 Å². The molecule has 2 aromatic rings. The van der Waals surface area contributed by atoms with Gasteiger partial charge in [0.1, 0.15) is 0 Å². The Bertz CT molecular complexity index is 862. The lowest BCUT2D eigenvalue weighted by atomic mass is 9.78. The maximum atomic E-state index is 13.0. The third-order valence-corrected chi connectivity index (χ3v) is 4.13. The van der Waals surface area contributed by atoms with Gasteiger partial charge in [0.25, 0.3) is 0 Å². The molecule has 3 nitrogen and oxygen atoms in total. The molecule has 0 radical (unpaired) electrons. The lowest BCUT2D eigenvalue weighted by Crippen LogP contribution is -2.25. The Morgan fingerprint density at radius 3 is 2.04 bits per heavy atom. The van der Waals surface area contributed by atoms with Crippen molar-refractivity contribution in [2.75, 3.05) is 5.73 Å². The summed E-state index contributed by atoms with van der Waals surface area (Å²) < 4.78 is 0. The Hall–Kier alpha value is -2.94. The van der Waals surface area contributed by atoms with Gasteiger partial charge in [0.2, 0.25) is 0 Å². The minimum atomic E-state index is -0.148. The summed E-state index contributed by atoms with van der Waals surface area (Å²) in [5.74, 6) is -0.276. The van der Waals surface area contributed by atoms with Crippen LogP contribution in [0, 0.1) is 0 Å². The zero-order chi connectivity index (χ0) is 16.6. The molecule has 0 saturated carbocycles. The Morgan fingerprint density at radius 2 is 1.48 bits per heavy atom. The number of benzene rings is 2. The summed E-state index contributed by atoms with van der Waals surface area (Å²) in [6.45, 7) is 7.45. The topological polar surface area (TPSA) is 60.2 Å². The standard InChI is InChI=1S/C20H17NO2/c1-3-7-12-11-16(21)15(8-4-2)18-17(12)19(22)13-9-5-6-10-14(13)20(18)23/h3-6,9-11H,1-2,7-8,21H2. The van der Waals surface area contributed by atoms with Crippen LogP contribution in [0.3, 0.4) is 0 Å². The monoisotopic (exact) mass is 303 g/mol. The number of hydrogen-bond donors (Lipinski definition) is 1. The quantitative estimate of drug-likeness (QED) is 0.593. The van der Waals surface area contributed by atoms with Gasteiger partial charge in [-0.1, -0.05) is 36.4 Å². The predicted molar refractivity (Wildman–Crippen MR) is 92.0 cm³/mol. The van der Waals surface area contributed by atoms with Gasteiger partial charge in [0.05, 0.1) is 0 Å². The molecule has 0 amide bonds. The van der Waals surface area contributed by atoms with Gasteiger partial charge in [-0.3, -0.25) is 9.59 Å². The number of ketones is 2. The van der Waals surface area contributed by atoms with Gasteiger partial charge in [-0.25, -0.2) is 0 Å². The fraction of sp³-hybridized carbons (Fsp3) is 0.100. The first kappa shape index (κ1) is 15.0. The van der Waals surface area contributed by atoms with Gasteiger partial charge in [0.15, 0.2) is 11.6 Å². The van der Waals surface area contributed by atoms with Crippen LogP contribution in [0.2, 0.25) is 0 Å². The van der Waals surface area contributed by atoms with Crippen molar-refractivity contribution in [3.63, 3.8) is 0 Å². The summed E-state index contributed by atoms with van der Waals surface area (Å²) in [6.07, 6.45) is 4.34. The van der Waals surface area contributed by atoms with Crippen LogP contribution in [0.1, 0.15) is 43.0 Å². The van der Waals surface area contributed by atoms with Crippen LogP contribution >= 0.6 is 0 Å². The first-order chi connectivity index (χ1) is 11.1. The number of rotatable bonds is 4. The molecule has 3 rings (SSSR count). The number of carbonyl (C=O) groups is 2. The average Bonchev–Trinajstić information content (AvgIpc) is 2.55. The maximum absolute atomic E-state index is 13.0. The van der Waals surface area contributed by atoms with Crippen molar-refractivity contribution < 1.29 is 9.59 Å². The molecular weight excluding hydrogens is 286 g/mol. The molecule has 0 heterocycles. The zero-order valence-corrected chi connectivity index (χ0v) is 12.8. The van der Waals surface area contributed by atoms with E-state index in [1.165, 1.54) is 0 Å². The molecule has 114 valence electrons. The predicted octanol–water partition coefficient (Wildman–Crippen LogP) is 3.50. The summed E-state index contributed by atoms with van der Waals surface area (Å²) >= 11 is 0. The summed E-state index contributed by atoms with van der Waals surface area (Å²) in [5.41, 5.74) is 9.84. The van der Waals surface area contributed by atoms with Gasteiger partial charge in [-0.05, 0) is 30.0 Å². The molecular formula is C20H17NO2. The van der Waals surface area contributed by atoms with Crippen LogP contribution in [0.25, 0.3) is 0 Å². The number of carbonyl (C=O) groups excluding carboxylic acids is 2. The van der Waals surface area contributed by atoms with Crippen molar-refractivity contribution in [2.45, 2.75) is 12.8 Å². The molecule has 0 aromatic heterocycles. The van der Waals surface area contributed by atoms with E-state index in [1.54, 1.807) is 42.5 Å². The first-order valence-electron chi connectivity index (χ1n) is 7.44. The second kappa shape index (κ2) is 5.69. The molecule has 0 fully saturated rings. The maximum Gasteiger partial charge on any atom is 0.194 e. The fourth-order valence-electron chi connectivity index (χ4n) is 3.14. The highest BCUT2D eigenvalue weighted by Gasteiger charge is 2.33. The van der Waals surface area contributed by atoms with E-state index in [0.29, 0.717) is 46.3 Å². The number of hydrogen-bond acceptors (Lipinski definition) is 3. The van der Waals surface area contributed by atoms with Crippen molar-refractivity contribution in [3.05, 3.63) is 89.0 Å². The summed E-state index contributed by atoms with van der Waals surface area (Å²) in [5, 5.41) is 0. The third-order valence-electron chi connectivity index (χ3n) is 4.13. The molecule has 0 aliphatic heterocycles. The fourth-order valence-corrected chi connectivity index (χ4v) is 3.14. The van der Waals surface area contributed by atoms with Crippen molar-refractivity contribution in [3.8, 4) is 0 Å². The largest absolute Gasteiger partial charge is 0.398 e. The second-order valence-electron chi connectivity index (χ2n) is 5.54. The van der Waals surface area contributed by atoms with Crippen molar-refractivity contribution in [1.29, 1.82) is 0 Å². The highest BCUT2D eigenvalue weighted by atomic mass is 16.1. The Kier molecular flexibility index (Phi) is 3.70. The molecule has 1 aliphatic carbocycles. The molecule has 2 aromatic carbocycles. The molecule has 1 aliphatic rings. The molecule has 0 atom stereocenters. The molecule has 0 spiro atoms. The molecule has 0 bridgehead atoms. The Balaban J connectivity index is 2.39. The smallest absolute Gasteiger partial charge is 0.194 e. The number of allylic oxidation sites excluding steroid dienone is 2. The first-order valence-corrected chi connectivity index (χ1v) is 7.44. The molecule has 2 N–H and O–H groups in total. The summed E-state index contributed by atoms with van der Waals surface area (Å²) in [4.78, 5) is 26.0. The van der Waals surface area contributed by atoms with Gasteiger partial charge in [0, 0.05) is 27.9 Å². The average molecular weight is 303 g/mol. The number of fused-ring (bicyclic) bond motifs is 2. The lowest BCUT2D eigenvalue weighted by Gasteiger charge is -2.23. The Morgan fingerprint density at radius 1 is 0.913 bits per heavy atom. The minimum Gasteiger partial charge on any atom is -0.398 e.